The molecule has 0 bridgehead atoms. The molecule has 124 valence electrons. The van der Waals surface area contributed by atoms with E-state index >= 15 is 0 Å². The molecule has 0 aromatic heterocycles. The zero-order valence-electron chi connectivity index (χ0n) is 12.0. The first kappa shape index (κ1) is 16.8. The Bertz CT molecular complexity index is 468. The van der Waals surface area contributed by atoms with Crippen LogP contribution < -0.4 is 5.32 Å². The Hall–Kier alpha value is -1.57. The SMILES string of the molecule is O=C(O)C1(C(=O)N2CCCC(NCC(F)(F)F)C2)CC=CC1. The average Bonchev–Trinajstić information content (AvgIpc) is 2.95. The highest BCUT2D eigenvalue weighted by molar-refractivity contribution is 6.02. The lowest BCUT2D eigenvalue weighted by Gasteiger charge is -2.37. The summed E-state index contributed by atoms with van der Waals surface area (Å²) < 4.78 is 36.7. The van der Waals surface area contributed by atoms with Gasteiger partial charge in [0.05, 0.1) is 6.54 Å². The van der Waals surface area contributed by atoms with Crippen LogP contribution in [0, 0.1) is 5.41 Å². The zero-order chi connectivity index (χ0) is 16.4. The van der Waals surface area contributed by atoms with Crippen LogP contribution in [0.2, 0.25) is 0 Å². The molecule has 2 N–H and O–H groups in total. The molecule has 2 rings (SSSR count). The maximum absolute atomic E-state index is 12.6. The summed E-state index contributed by atoms with van der Waals surface area (Å²) in [6.07, 6.45) is 0.397. The summed E-state index contributed by atoms with van der Waals surface area (Å²) >= 11 is 0. The molecule has 0 saturated carbocycles. The van der Waals surface area contributed by atoms with Crippen LogP contribution in [0.1, 0.15) is 25.7 Å². The van der Waals surface area contributed by atoms with Gasteiger partial charge >= 0.3 is 12.1 Å². The third-order valence-electron chi connectivity index (χ3n) is 4.22. The third kappa shape index (κ3) is 3.60. The predicted octanol–water partition coefficient (Wildman–Crippen LogP) is 1.55. The van der Waals surface area contributed by atoms with Gasteiger partial charge in [0.2, 0.25) is 5.91 Å². The van der Waals surface area contributed by atoms with Crippen molar-refractivity contribution in [1.29, 1.82) is 0 Å². The summed E-state index contributed by atoms with van der Waals surface area (Å²) in [6, 6.07) is -0.459. The van der Waals surface area contributed by atoms with E-state index in [2.05, 4.69) is 5.32 Å². The van der Waals surface area contributed by atoms with E-state index in [0.717, 1.165) is 0 Å². The van der Waals surface area contributed by atoms with Crippen molar-refractivity contribution in [3.63, 3.8) is 0 Å². The van der Waals surface area contributed by atoms with Gasteiger partial charge in [-0.2, -0.15) is 13.2 Å². The van der Waals surface area contributed by atoms with Gasteiger partial charge in [-0.05, 0) is 25.7 Å². The minimum Gasteiger partial charge on any atom is -0.480 e. The predicted molar refractivity (Wildman–Crippen MR) is 72.1 cm³/mol. The number of carboxylic acids is 1. The van der Waals surface area contributed by atoms with E-state index < -0.39 is 36.1 Å². The highest BCUT2D eigenvalue weighted by Crippen LogP contribution is 2.36. The van der Waals surface area contributed by atoms with Crippen LogP contribution in [0.15, 0.2) is 12.2 Å². The minimum absolute atomic E-state index is 0.115. The molecule has 22 heavy (non-hydrogen) atoms. The van der Waals surface area contributed by atoms with Crippen molar-refractivity contribution in [1.82, 2.24) is 10.2 Å². The van der Waals surface area contributed by atoms with E-state index in [0.29, 0.717) is 19.4 Å². The molecule has 0 aromatic carbocycles. The summed E-state index contributed by atoms with van der Waals surface area (Å²) in [6.45, 7) is -0.604. The smallest absolute Gasteiger partial charge is 0.401 e. The lowest BCUT2D eigenvalue weighted by molar-refractivity contribution is -0.160. The monoisotopic (exact) mass is 320 g/mol. The van der Waals surface area contributed by atoms with Crippen LogP contribution in [0.4, 0.5) is 13.2 Å². The average molecular weight is 320 g/mol. The quantitative estimate of drug-likeness (QED) is 0.609. The zero-order valence-corrected chi connectivity index (χ0v) is 12.0. The Balaban J connectivity index is 1.99. The van der Waals surface area contributed by atoms with Gasteiger partial charge in [0.1, 0.15) is 0 Å². The lowest BCUT2D eigenvalue weighted by Crippen LogP contribution is -2.55. The van der Waals surface area contributed by atoms with Gasteiger partial charge in [-0.3, -0.25) is 9.59 Å². The van der Waals surface area contributed by atoms with Crippen molar-refractivity contribution >= 4 is 11.9 Å². The lowest BCUT2D eigenvalue weighted by atomic mass is 9.83. The number of alkyl halides is 3. The van der Waals surface area contributed by atoms with Crippen molar-refractivity contribution in [3.8, 4) is 0 Å². The standard InChI is InChI=1S/C14H19F3N2O3/c15-14(16,17)9-18-10-4-3-7-19(8-10)11(20)13(12(21)22)5-1-2-6-13/h1-2,10,18H,3-9H2,(H,21,22). The van der Waals surface area contributed by atoms with Gasteiger partial charge in [0.25, 0.3) is 0 Å². The Kier molecular flexibility index (Phi) is 4.79. The molecule has 2 aliphatic rings. The molecular weight excluding hydrogens is 301 g/mol. The number of piperidine rings is 1. The molecule has 1 atom stereocenters. The number of hydrogen-bond donors (Lipinski definition) is 2. The number of allylic oxidation sites excluding steroid dienone is 2. The molecule has 1 aliphatic heterocycles. The molecule has 1 fully saturated rings. The van der Waals surface area contributed by atoms with E-state index in [1.165, 1.54) is 4.90 Å². The summed E-state index contributed by atoms with van der Waals surface area (Å²) in [7, 11) is 0. The van der Waals surface area contributed by atoms with Crippen molar-refractivity contribution in [2.75, 3.05) is 19.6 Å². The van der Waals surface area contributed by atoms with E-state index in [-0.39, 0.29) is 19.4 Å². The molecule has 5 nitrogen and oxygen atoms in total. The molecule has 1 saturated heterocycles. The van der Waals surface area contributed by atoms with Gasteiger partial charge in [0.15, 0.2) is 5.41 Å². The van der Waals surface area contributed by atoms with Crippen LogP contribution in [0.5, 0.6) is 0 Å². The highest BCUT2D eigenvalue weighted by Gasteiger charge is 2.49. The number of nitrogens with one attached hydrogen (secondary N) is 1. The molecular formula is C14H19F3N2O3. The van der Waals surface area contributed by atoms with Crippen LogP contribution in [-0.4, -0.2) is 53.7 Å². The largest absolute Gasteiger partial charge is 0.480 e. The van der Waals surface area contributed by atoms with Gasteiger partial charge < -0.3 is 15.3 Å². The Labute approximate surface area is 126 Å². The first-order chi connectivity index (χ1) is 10.2. The number of rotatable bonds is 4. The van der Waals surface area contributed by atoms with Crippen molar-refractivity contribution in [3.05, 3.63) is 12.2 Å². The van der Waals surface area contributed by atoms with Crippen molar-refractivity contribution in [2.45, 2.75) is 37.9 Å². The molecule has 1 unspecified atom stereocenters. The number of carbonyl (C=O) groups is 2. The van der Waals surface area contributed by atoms with Crippen molar-refractivity contribution < 1.29 is 27.9 Å². The maximum Gasteiger partial charge on any atom is 0.401 e. The summed E-state index contributed by atoms with van der Waals surface area (Å²) in [4.78, 5) is 25.4. The second-order valence-electron chi connectivity index (χ2n) is 5.85. The number of amides is 1. The fraction of sp³-hybridized carbons (Fsp3) is 0.714. The van der Waals surface area contributed by atoms with Gasteiger partial charge in [0, 0.05) is 19.1 Å². The molecule has 1 amide bonds. The summed E-state index contributed by atoms with van der Waals surface area (Å²) in [5.74, 6) is -1.67. The number of hydrogen-bond acceptors (Lipinski definition) is 3. The van der Waals surface area contributed by atoms with E-state index in [4.69, 9.17) is 0 Å². The fourth-order valence-corrected chi connectivity index (χ4v) is 2.98. The summed E-state index contributed by atoms with van der Waals surface area (Å²) in [5.41, 5.74) is -1.48. The number of likely N-dealkylation sites (tertiary alicyclic amines) is 1. The highest BCUT2D eigenvalue weighted by atomic mass is 19.4. The maximum atomic E-state index is 12.6. The number of carbonyl (C=O) groups excluding carboxylic acids is 1. The summed E-state index contributed by atoms with van der Waals surface area (Å²) in [5, 5.41) is 11.8. The number of aliphatic carboxylic acids is 1. The molecule has 0 spiro atoms. The van der Waals surface area contributed by atoms with E-state index in [1.807, 2.05) is 0 Å². The van der Waals surface area contributed by atoms with Crippen molar-refractivity contribution in [2.24, 2.45) is 5.41 Å². The molecule has 1 heterocycles. The first-order valence-corrected chi connectivity index (χ1v) is 7.22. The van der Waals surface area contributed by atoms with E-state index in [1.54, 1.807) is 12.2 Å². The Morgan fingerprint density at radius 1 is 1.32 bits per heavy atom. The van der Waals surface area contributed by atoms with Gasteiger partial charge in [-0.1, -0.05) is 12.2 Å². The molecule has 0 aromatic rings. The Morgan fingerprint density at radius 2 is 1.95 bits per heavy atom. The number of halogens is 3. The minimum atomic E-state index is -4.30. The van der Waals surface area contributed by atoms with E-state index in [9.17, 15) is 27.9 Å². The Morgan fingerprint density at radius 3 is 2.50 bits per heavy atom. The van der Waals surface area contributed by atoms with Crippen LogP contribution in [0.3, 0.4) is 0 Å². The third-order valence-corrected chi connectivity index (χ3v) is 4.22. The normalized spacial score (nSPS) is 24.5. The number of carboxylic acid groups (broad SMARTS) is 1. The van der Waals surface area contributed by atoms with Gasteiger partial charge in [-0.15, -0.1) is 0 Å². The van der Waals surface area contributed by atoms with Gasteiger partial charge in [-0.25, -0.2) is 0 Å². The van der Waals surface area contributed by atoms with Crippen LogP contribution in [0.25, 0.3) is 0 Å². The first-order valence-electron chi connectivity index (χ1n) is 7.22. The second-order valence-corrected chi connectivity index (χ2v) is 5.85. The molecule has 8 heteroatoms. The topological polar surface area (TPSA) is 69.6 Å². The second kappa shape index (κ2) is 6.28. The molecule has 0 radical (unpaired) electrons. The number of nitrogens with zero attached hydrogens (tertiary/aromatic N) is 1. The fourth-order valence-electron chi connectivity index (χ4n) is 2.98. The van der Waals surface area contributed by atoms with Crippen LogP contribution in [-0.2, 0) is 9.59 Å². The van der Waals surface area contributed by atoms with Crippen LogP contribution >= 0.6 is 0 Å². The molecule has 1 aliphatic carbocycles.